The van der Waals surface area contributed by atoms with Crippen LogP contribution in [0.15, 0.2) is 21.5 Å². The standard InChI is InChI=1S/C20H24N6O3S/c1-12(2)16-9-13(10-21)14-5-3-6-15(14)18(16)24-20(27)25-30(22,28)17-11-23-26-7-4-8-29-19(17)26/h9,11-12H,3-8H2,1-2H3,(H3,22,24,25,27,28). The summed E-state index contributed by atoms with van der Waals surface area (Å²) < 4.78 is 23.9. The van der Waals surface area contributed by atoms with E-state index in [2.05, 4.69) is 20.8 Å². The number of hydrogen-bond donors (Lipinski definition) is 2. The van der Waals surface area contributed by atoms with Gasteiger partial charge in [0.2, 0.25) is 5.88 Å². The van der Waals surface area contributed by atoms with Crippen molar-refractivity contribution in [2.24, 2.45) is 9.50 Å². The number of aromatic nitrogens is 2. The molecule has 158 valence electrons. The molecule has 1 unspecified atom stereocenters. The predicted molar refractivity (Wildman–Crippen MR) is 112 cm³/mol. The van der Waals surface area contributed by atoms with E-state index in [4.69, 9.17) is 9.88 Å². The van der Waals surface area contributed by atoms with Crippen molar-refractivity contribution in [2.45, 2.75) is 56.9 Å². The molecule has 2 aromatic rings. The van der Waals surface area contributed by atoms with Gasteiger partial charge in [0, 0.05) is 18.7 Å². The van der Waals surface area contributed by atoms with E-state index in [1.165, 1.54) is 6.20 Å². The lowest BCUT2D eigenvalue weighted by molar-refractivity contribution is 0.224. The number of fused-ring (bicyclic) bond motifs is 2. The number of carbonyl (C=O) groups is 1. The topological polar surface area (TPSA) is 135 Å². The molecule has 1 aliphatic carbocycles. The Morgan fingerprint density at radius 1 is 1.40 bits per heavy atom. The zero-order chi connectivity index (χ0) is 21.5. The highest BCUT2D eigenvalue weighted by atomic mass is 32.2. The molecule has 2 aliphatic rings. The fourth-order valence-corrected chi connectivity index (χ4v) is 5.06. The maximum Gasteiger partial charge on any atom is 0.354 e. The normalized spacial score (nSPS) is 16.8. The number of nitriles is 1. The summed E-state index contributed by atoms with van der Waals surface area (Å²) in [6.07, 6.45) is 4.62. The smallest absolute Gasteiger partial charge is 0.354 e. The van der Waals surface area contributed by atoms with Gasteiger partial charge in [-0.1, -0.05) is 13.8 Å². The van der Waals surface area contributed by atoms with Crippen molar-refractivity contribution in [1.82, 2.24) is 9.78 Å². The maximum atomic E-state index is 13.0. The molecule has 30 heavy (non-hydrogen) atoms. The van der Waals surface area contributed by atoms with Crippen LogP contribution in [0.25, 0.3) is 0 Å². The quantitative estimate of drug-likeness (QED) is 0.774. The Balaban J connectivity index is 1.71. The van der Waals surface area contributed by atoms with Gasteiger partial charge in [0.1, 0.15) is 4.90 Å². The molecule has 1 aromatic carbocycles. The van der Waals surface area contributed by atoms with Crippen molar-refractivity contribution >= 4 is 21.6 Å². The lowest BCUT2D eigenvalue weighted by Gasteiger charge is -2.19. The number of rotatable bonds is 3. The van der Waals surface area contributed by atoms with Crippen LogP contribution in [0.3, 0.4) is 0 Å². The molecular formula is C20H24N6O3S. The van der Waals surface area contributed by atoms with Gasteiger partial charge in [0.15, 0.2) is 9.92 Å². The van der Waals surface area contributed by atoms with Crippen LogP contribution in [0.5, 0.6) is 5.88 Å². The van der Waals surface area contributed by atoms with Gasteiger partial charge in [-0.25, -0.2) is 18.8 Å². The highest BCUT2D eigenvalue weighted by Crippen LogP contribution is 2.38. The molecule has 2 heterocycles. The molecular weight excluding hydrogens is 404 g/mol. The second-order valence-electron chi connectivity index (χ2n) is 7.79. The lowest BCUT2D eigenvalue weighted by atomic mass is 9.92. The van der Waals surface area contributed by atoms with Gasteiger partial charge < -0.3 is 10.1 Å². The molecule has 10 heteroatoms. The number of ether oxygens (including phenoxy) is 1. The van der Waals surface area contributed by atoms with Crippen molar-refractivity contribution in [2.75, 3.05) is 11.9 Å². The van der Waals surface area contributed by atoms with E-state index in [-0.39, 0.29) is 10.8 Å². The highest BCUT2D eigenvalue weighted by Gasteiger charge is 2.26. The summed E-state index contributed by atoms with van der Waals surface area (Å²) in [5, 5.41) is 22.4. The number of anilines is 1. The first-order valence-electron chi connectivity index (χ1n) is 9.95. The van der Waals surface area contributed by atoms with Gasteiger partial charge in [-0.15, -0.1) is 4.36 Å². The Bertz CT molecular complexity index is 1180. The lowest BCUT2D eigenvalue weighted by Crippen LogP contribution is -2.21. The van der Waals surface area contributed by atoms with E-state index in [0.717, 1.165) is 42.4 Å². The Hall–Kier alpha value is -2.90. The largest absolute Gasteiger partial charge is 0.477 e. The van der Waals surface area contributed by atoms with Gasteiger partial charge >= 0.3 is 6.03 Å². The van der Waals surface area contributed by atoms with E-state index in [1.54, 1.807) is 4.68 Å². The number of hydrogen-bond acceptors (Lipinski definition) is 5. The zero-order valence-corrected chi connectivity index (χ0v) is 17.8. The second kappa shape index (κ2) is 7.74. The minimum atomic E-state index is -3.54. The summed E-state index contributed by atoms with van der Waals surface area (Å²) in [4.78, 5) is 12.9. The molecule has 0 bridgehead atoms. The van der Waals surface area contributed by atoms with Crippen LogP contribution in [0.1, 0.15) is 54.9 Å². The van der Waals surface area contributed by atoms with Crippen LogP contribution in [-0.4, -0.2) is 26.6 Å². The number of nitrogens with one attached hydrogen (secondary N) is 1. The maximum absolute atomic E-state index is 13.0. The van der Waals surface area contributed by atoms with Crippen molar-refractivity contribution in [3.63, 3.8) is 0 Å². The number of carbonyl (C=O) groups excluding carboxylic acids is 1. The average molecular weight is 429 g/mol. The number of nitrogens with two attached hydrogens (primary N) is 1. The molecule has 0 saturated heterocycles. The molecule has 9 nitrogen and oxygen atoms in total. The van der Waals surface area contributed by atoms with Gasteiger partial charge in [-0.05, 0) is 47.9 Å². The average Bonchev–Trinajstić information content (AvgIpc) is 3.35. The van der Waals surface area contributed by atoms with Crippen LogP contribution in [0, 0.1) is 11.3 Å². The first kappa shape index (κ1) is 20.4. The van der Waals surface area contributed by atoms with Crippen LogP contribution >= 0.6 is 0 Å². The SMILES string of the molecule is CC(C)c1cc(C#N)c2c(c1NC(=O)N=S(N)(=O)c1cnn3c1OCCC3)CCC2. The Morgan fingerprint density at radius 2 is 2.17 bits per heavy atom. The zero-order valence-electron chi connectivity index (χ0n) is 17.0. The fraction of sp³-hybridized carbons (Fsp3) is 0.450. The Labute approximate surface area is 175 Å². The molecule has 1 aliphatic heterocycles. The van der Waals surface area contributed by atoms with E-state index in [0.29, 0.717) is 30.3 Å². The van der Waals surface area contributed by atoms with E-state index in [9.17, 15) is 14.3 Å². The second-order valence-corrected chi connectivity index (χ2v) is 9.55. The summed E-state index contributed by atoms with van der Waals surface area (Å²) in [6.45, 7) is 5.09. The third-order valence-electron chi connectivity index (χ3n) is 5.45. The Morgan fingerprint density at radius 3 is 2.90 bits per heavy atom. The summed E-state index contributed by atoms with van der Waals surface area (Å²) in [5.41, 5.74) is 4.06. The van der Waals surface area contributed by atoms with Gasteiger partial charge in [0.05, 0.1) is 24.4 Å². The third kappa shape index (κ3) is 3.55. The Kier molecular flexibility index (Phi) is 5.26. The number of urea groups is 1. The molecule has 3 N–H and O–H groups in total. The van der Waals surface area contributed by atoms with Crippen molar-refractivity contribution in [1.29, 1.82) is 5.26 Å². The van der Waals surface area contributed by atoms with E-state index in [1.807, 2.05) is 19.9 Å². The predicted octanol–water partition coefficient (Wildman–Crippen LogP) is 3.08. The monoisotopic (exact) mass is 428 g/mol. The minimum absolute atomic E-state index is 0.0802. The van der Waals surface area contributed by atoms with Gasteiger partial charge in [-0.2, -0.15) is 10.4 Å². The molecule has 2 amide bonds. The molecule has 0 saturated carbocycles. The minimum Gasteiger partial charge on any atom is -0.477 e. The molecule has 1 aromatic heterocycles. The molecule has 0 fully saturated rings. The summed E-state index contributed by atoms with van der Waals surface area (Å²) in [5.74, 6) is 0.379. The van der Waals surface area contributed by atoms with Crippen molar-refractivity contribution < 1.29 is 13.7 Å². The highest BCUT2D eigenvalue weighted by molar-refractivity contribution is 7.91. The third-order valence-corrected chi connectivity index (χ3v) is 6.80. The first-order valence-corrected chi connectivity index (χ1v) is 11.5. The van der Waals surface area contributed by atoms with Crippen LogP contribution < -0.4 is 15.2 Å². The molecule has 0 radical (unpaired) electrons. The molecule has 0 spiro atoms. The van der Waals surface area contributed by atoms with Crippen LogP contribution in [0.4, 0.5) is 10.5 Å². The van der Waals surface area contributed by atoms with Gasteiger partial charge in [0.25, 0.3) is 0 Å². The van der Waals surface area contributed by atoms with Crippen LogP contribution in [-0.2, 0) is 29.3 Å². The number of amides is 2. The van der Waals surface area contributed by atoms with E-state index >= 15 is 0 Å². The summed E-state index contributed by atoms with van der Waals surface area (Å²) in [6, 6.07) is 3.30. The fourth-order valence-electron chi connectivity index (χ4n) is 4.06. The van der Waals surface area contributed by atoms with Crippen molar-refractivity contribution in [3.05, 3.63) is 34.5 Å². The van der Waals surface area contributed by atoms with Gasteiger partial charge in [-0.3, -0.25) is 0 Å². The molecule has 1 atom stereocenters. The van der Waals surface area contributed by atoms with Crippen LogP contribution in [0.2, 0.25) is 0 Å². The molecule has 4 rings (SSSR count). The van der Waals surface area contributed by atoms with E-state index < -0.39 is 15.9 Å². The first-order chi connectivity index (χ1) is 14.3. The number of aryl methyl sites for hydroxylation is 1. The summed E-state index contributed by atoms with van der Waals surface area (Å²) >= 11 is 0. The summed E-state index contributed by atoms with van der Waals surface area (Å²) in [7, 11) is -3.54. The number of benzene rings is 1. The number of nitrogens with zero attached hydrogens (tertiary/aromatic N) is 4. The van der Waals surface area contributed by atoms with Crippen molar-refractivity contribution in [3.8, 4) is 11.9 Å².